The molecule has 1 atom stereocenters. The van der Waals surface area contributed by atoms with E-state index in [1.54, 1.807) is 36.3 Å². The van der Waals surface area contributed by atoms with Gasteiger partial charge in [0.2, 0.25) is 11.8 Å². The molecule has 1 aliphatic heterocycles. The van der Waals surface area contributed by atoms with Gasteiger partial charge in [0.05, 0.1) is 19.6 Å². The maximum absolute atomic E-state index is 13.3. The summed E-state index contributed by atoms with van der Waals surface area (Å²) in [5, 5.41) is 6.56. The van der Waals surface area contributed by atoms with Gasteiger partial charge in [-0.2, -0.15) is 18.3 Å². The number of hydrogen-bond acceptors (Lipinski definition) is 4. The van der Waals surface area contributed by atoms with Crippen LogP contribution in [0.25, 0.3) is 0 Å². The molecule has 1 N–H and O–H groups in total. The van der Waals surface area contributed by atoms with E-state index in [1.165, 1.54) is 4.68 Å². The molecule has 1 aromatic heterocycles. The molecule has 4 rings (SSSR count). The number of alkyl halides is 3. The van der Waals surface area contributed by atoms with Gasteiger partial charge >= 0.3 is 6.18 Å². The van der Waals surface area contributed by atoms with Crippen molar-refractivity contribution in [2.24, 2.45) is 5.92 Å². The monoisotopic (exact) mass is 450 g/mol. The zero-order chi connectivity index (χ0) is 22.9. The van der Waals surface area contributed by atoms with Gasteiger partial charge in [0.1, 0.15) is 5.75 Å². The van der Waals surface area contributed by atoms with Crippen molar-refractivity contribution in [3.8, 4) is 5.75 Å². The molecule has 32 heavy (non-hydrogen) atoms. The molecular formula is C22H25F3N4O3. The highest BCUT2D eigenvalue weighted by Gasteiger charge is 2.39. The third-order valence-electron chi connectivity index (χ3n) is 6.03. The van der Waals surface area contributed by atoms with Crippen molar-refractivity contribution in [1.82, 2.24) is 15.1 Å². The van der Waals surface area contributed by atoms with Crippen LogP contribution in [0.1, 0.15) is 36.2 Å². The van der Waals surface area contributed by atoms with E-state index in [1.807, 2.05) is 0 Å². The number of nitrogens with one attached hydrogen (secondary N) is 1. The quantitative estimate of drug-likeness (QED) is 0.734. The molecule has 1 aliphatic carbocycles. The summed E-state index contributed by atoms with van der Waals surface area (Å²) in [5.41, 5.74) is 0.773. The average Bonchev–Trinajstić information content (AvgIpc) is 3.35. The fourth-order valence-electron chi connectivity index (χ4n) is 4.41. The van der Waals surface area contributed by atoms with Crippen LogP contribution >= 0.6 is 0 Å². The van der Waals surface area contributed by atoms with Gasteiger partial charge in [-0.25, -0.2) is 0 Å². The van der Waals surface area contributed by atoms with Gasteiger partial charge in [-0.05, 0) is 49.9 Å². The number of hydrogen-bond donors (Lipinski definition) is 1. The summed E-state index contributed by atoms with van der Waals surface area (Å²) in [7, 11) is 1.55. The second-order valence-corrected chi connectivity index (χ2v) is 8.10. The lowest BCUT2D eigenvalue weighted by molar-refractivity contribution is -0.142. The van der Waals surface area contributed by atoms with E-state index in [9.17, 15) is 22.8 Å². The Kier molecular flexibility index (Phi) is 6.12. The smallest absolute Gasteiger partial charge is 0.435 e. The van der Waals surface area contributed by atoms with Crippen LogP contribution in [0.15, 0.2) is 24.3 Å². The number of anilines is 1. The molecule has 1 saturated heterocycles. The third kappa shape index (κ3) is 4.44. The number of fused-ring (bicyclic) bond motifs is 1. The van der Waals surface area contributed by atoms with Crippen molar-refractivity contribution >= 4 is 17.5 Å². The summed E-state index contributed by atoms with van der Waals surface area (Å²) in [4.78, 5) is 26.5. The number of nitrogens with zero attached hydrogens (tertiary/aromatic N) is 3. The highest BCUT2D eigenvalue weighted by atomic mass is 19.4. The molecule has 0 spiro atoms. The van der Waals surface area contributed by atoms with Gasteiger partial charge in [0, 0.05) is 36.5 Å². The predicted octanol–water partition coefficient (Wildman–Crippen LogP) is 2.96. The molecule has 2 aliphatic rings. The predicted molar refractivity (Wildman–Crippen MR) is 110 cm³/mol. The number of carbonyl (C=O) groups is 2. The Bertz CT molecular complexity index is 1000. The van der Waals surface area contributed by atoms with E-state index in [0.29, 0.717) is 30.0 Å². The minimum atomic E-state index is -4.48. The van der Waals surface area contributed by atoms with Crippen LogP contribution in [0, 0.1) is 5.92 Å². The first-order valence-electron chi connectivity index (χ1n) is 10.7. The van der Waals surface area contributed by atoms with Crippen molar-refractivity contribution in [2.75, 3.05) is 25.1 Å². The van der Waals surface area contributed by atoms with Crippen LogP contribution in [0.4, 0.5) is 18.9 Å². The Balaban J connectivity index is 1.35. The molecule has 0 bridgehead atoms. The molecule has 10 heteroatoms. The fourth-order valence-corrected chi connectivity index (χ4v) is 4.41. The second-order valence-electron chi connectivity index (χ2n) is 8.10. The number of aromatic nitrogens is 2. The lowest BCUT2D eigenvalue weighted by Gasteiger charge is -2.17. The molecule has 2 heterocycles. The molecule has 7 nitrogen and oxygen atoms in total. The highest BCUT2D eigenvalue weighted by Crippen LogP contribution is 2.35. The number of benzene rings is 1. The van der Waals surface area contributed by atoms with Gasteiger partial charge in [-0.1, -0.05) is 0 Å². The first-order chi connectivity index (χ1) is 15.3. The zero-order valence-corrected chi connectivity index (χ0v) is 17.7. The summed E-state index contributed by atoms with van der Waals surface area (Å²) in [5.74, 6) is -0.274. The minimum Gasteiger partial charge on any atom is -0.497 e. The molecule has 1 aromatic carbocycles. The Morgan fingerprint density at radius 2 is 1.94 bits per heavy atom. The molecule has 0 saturated carbocycles. The van der Waals surface area contributed by atoms with Crippen molar-refractivity contribution in [2.45, 2.75) is 44.8 Å². The topological polar surface area (TPSA) is 76.5 Å². The number of methoxy groups -OCH3 is 1. The van der Waals surface area contributed by atoms with Crippen LogP contribution in [-0.2, 0) is 35.2 Å². The Morgan fingerprint density at radius 3 is 2.62 bits per heavy atom. The SMILES string of the molecule is COc1ccc(N2CC(C(=O)NCCn3nc(C(F)(F)F)c4c3CCCC4)CC2=O)cc1. The lowest BCUT2D eigenvalue weighted by Crippen LogP contribution is -2.35. The van der Waals surface area contributed by atoms with E-state index in [-0.39, 0.29) is 43.4 Å². The van der Waals surface area contributed by atoms with Gasteiger partial charge in [0.25, 0.3) is 0 Å². The van der Waals surface area contributed by atoms with Crippen molar-refractivity contribution < 1.29 is 27.5 Å². The Morgan fingerprint density at radius 1 is 1.22 bits per heavy atom. The summed E-state index contributed by atoms with van der Waals surface area (Å²) in [6, 6.07) is 7.01. The molecule has 1 fully saturated rings. The largest absolute Gasteiger partial charge is 0.497 e. The number of carbonyl (C=O) groups excluding carboxylic acids is 2. The standard InChI is InChI=1S/C22H25F3N4O3/c1-32-16-8-6-15(7-9-16)28-13-14(12-19(28)30)21(31)26-10-11-29-18-5-3-2-4-17(18)20(27-29)22(23,24)25/h6-9,14H,2-5,10-13H2,1H3,(H,26,31). The minimum absolute atomic E-state index is 0.0905. The van der Waals surface area contributed by atoms with Gasteiger partial charge in [0.15, 0.2) is 5.69 Å². The Hall–Kier alpha value is -3.04. The molecule has 172 valence electrons. The number of amides is 2. The first-order valence-corrected chi connectivity index (χ1v) is 10.7. The van der Waals surface area contributed by atoms with E-state index < -0.39 is 17.8 Å². The molecule has 1 unspecified atom stereocenters. The summed E-state index contributed by atoms with van der Waals surface area (Å²) >= 11 is 0. The van der Waals surface area contributed by atoms with Crippen LogP contribution in [0.5, 0.6) is 5.75 Å². The fraction of sp³-hybridized carbons (Fsp3) is 0.500. The summed E-state index contributed by atoms with van der Waals surface area (Å²) < 4.78 is 46.4. The van der Waals surface area contributed by atoms with Gasteiger partial charge in [-0.3, -0.25) is 14.3 Å². The molecule has 2 aromatic rings. The normalized spacial score (nSPS) is 18.6. The summed E-state index contributed by atoms with van der Waals surface area (Å²) in [6.07, 6.45) is -1.91. The average molecular weight is 450 g/mol. The second kappa shape index (κ2) is 8.84. The van der Waals surface area contributed by atoms with Crippen molar-refractivity contribution in [1.29, 1.82) is 0 Å². The molecular weight excluding hydrogens is 425 g/mol. The number of halogens is 3. The van der Waals surface area contributed by atoms with E-state index in [2.05, 4.69) is 10.4 Å². The van der Waals surface area contributed by atoms with E-state index >= 15 is 0 Å². The molecule has 2 amide bonds. The maximum atomic E-state index is 13.3. The van der Waals surface area contributed by atoms with Crippen LogP contribution in [0.3, 0.4) is 0 Å². The van der Waals surface area contributed by atoms with Crippen LogP contribution < -0.4 is 15.0 Å². The Labute approximate surface area is 183 Å². The van der Waals surface area contributed by atoms with Crippen LogP contribution in [-0.4, -0.2) is 41.8 Å². The van der Waals surface area contributed by atoms with E-state index in [4.69, 9.17) is 4.74 Å². The lowest BCUT2D eigenvalue weighted by atomic mass is 9.95. The number of rotatable bonds is 6. The van der Waals surface area contributed by atoms with Crippen LogP contribution in [0.2, 0.25) is 0 Å². The third-order valence-corrected chi connectivity index (χ3v) is 6.03. The first kappa shape index (κ1) is 22.2. The number of ether oxygens (including phenoxy) is 1. The van der Waals surface area contributed by atoms with E-state index in [0.717, 1.165) is 12.8 Å². The van der Waals surface area contributed by atoms with Crippen molar-refractivity contribution in [3.05, 3.63) is 41.2 Å². The zero-order valence-electron chi connectivity index (χ0n) is 17.7. The highest BCUT2D eigenvalue weighted by molar-refractivity contribution is 6.00. The van der Waals surface area contributed by atoms with Crippen molar-refractivity contribution in [3.63, 3.8) is 0 Å². The molecule has 0 radical (unpaired) electrons. The van der Waals surface area contributed by atoms with Gasteiger partial charge < -0.3 is 15.0 Å². The maximum Gasteiger partial charge on any atom is 0.435 e. The summed E-state index contributed by atoms with van der Waals surface area (Å²) in [6.45, 7) is 0.566. The van der Waals surface area contributed by atoms with Gasteiger partial charge in [-0.15, -0.1) is 0 Å².